The van der Waals surface area contributed by atoms with Crippen LogP contribution in [-0.2, 0) is 12.7 Å². The zero-order chi connectivity index (χ0) is 13.9. The van der Waals surface area contributed by atoms with E-state index in [2.05, 4.69) is 5.32 Å². The number of benzene rings is 1. The Balaban J connectivity index is 2.01. The molecular formula is C13H15F4NS. The van der Waals surface area contributed by atoms with Gasteiger partial charge in [-0.3, -0.25) is 0 Å². The summed E-state index contributed by atoms with van der Waals surface area (Å²) in [6.45, 7) is 0.270. The third-order valence-electron chi connectivity index (χ3n) is 3.04. The molecule has 0 spiro atoms. The van der Waals surface area contributed by atoms with Gasteiger partial charge < -0.3 is 5.32 Å². The van der Waals surface area contributed by atoms with Crippen molar-refractivity contribution in [1.82, 2.24) is 5.32 Å². The van der Waals surface area contributed by atoms with Gasteiger partial charge in [-0.1, -0.05) is 0 Å². The molecule has 1 aliphatic heterocycles. The molecule has 1 fully saturated rings. The van der Waals surface area contributed by atoms with E-state index in [1.807, 2.05) is 11.8 Å². The number of nitrogens with one attached hydrogen (secondary N) is 1. The lowest BCUT2D eigenvalue weighted by atomic mass is 10.1. The minimum Gasteiger partial charge on any atom is -0.309 e. The Morgan fingerprint density at radius 2 is 2.05 bits per heavy atom. The maximum atomic E-state index is 13.2. The van der Waals surface area contributed by atoms with Gasteiger partial charge in [-0.25, -0.2) is 4.39 Å². The van der Waals surface area contributed by atoms with E-state index in [1.54, 1.807) is 0 Å². The van der Waals surface area contributed by atoms with E-state index in [0.717, 1.165) is 36.5 Å². The summed E-state index contributed by atoms with van der Waals surface area (Å²) in [4.78, 5) is 0. The average Bonchev–Trinajstić information content (AvgIpc) is 2.36. The molecule has 0 saturated carbocycles. The van der Waals surface area contributed by atoms with Crippen molar-refractivity contribution in [2.75, 3.05) is 11.5 Å². The standard InChI is InChI=1S/C13H15F4NS/c14-11-5-9(4-10(6-11)13(15,16)17)7-18-12-2-1-3-19-8-12/h4-6,12,18H,1-3,7-8H2. The first-order chi connectivity index (χ1) is 8.95. The van der Waals surface area contributed by atoms with Crippen LogP contribution in [0.5, 0.6) is 0 Å². The molecule has 0 radical (unpaired) electrons. The Morgan fingerprint density at radius 1 is 1.26 bits per heavy atom. The first kappa shape index (κ1) is 14.7. The van der Waals surface area contributed by atoms with Crippen LogP contribution in [0.25, 0.3) is 0 Å². The Morgan fingerprint density at radius 3 is 2.68 bits per heavy atom. The Labute approximate surface area is 113 Å². The predicted molar refractivity (Wildman–Crippen MR) is 68.6 cm³/mol. The maximum Gasteiger partial charge on any atom is 0.416 e. The molecule has 19 heavy (non-hydrogen) atoms. The smallest absolute Gasteiger partial charge is 0.309 e. The first-order valence-corrected chi connectivity index (χ1v) is 7.28. The van der Waals surface area contributed by atoms with Crippen molar-refractivity contribution in [1.29, 1.82) is 0 Å². The minimum absolute atomic E-state index is 0.270. The van der Waals surface area contributed by atoms with Gasteiger partial charge in [0.2, 0.25) is 0 Å². The fourth-order valence-electron chi connectivity index (χ4n) is 2.08. The molecule has 1 atom stereocenters. The van der Waals surface area contributed by atoms with Crippen LogP contribution in [0.4, 0.5) is 17.6 Å². The third-order valence-corrected chi connectivity index (χ3v) is 4.26. The molecular weight excluding hydrogens is 278 g/mol. The molecule has 0 amide bonds. The Hall–Kier alpha value is -0.750. The second-order valence-corrected chi connectivity index (χ2v) is 5.79. The van der Waals surface area contributed by atoms with Crippen LogP contribution in [0.1, 0.15) is 24.0 Å². The van der Waals surface area contributed by atoms with Crippen molar-refractivity contribution >= 4 is 11.8 Å². The lowest BCUT2D eigenvalue weighted by Gasteiger charge is -2.22. The topological polar surface area (TPSA) is 12.0 Å². The predicted octanol–water partition coefficient (Wildman–Crippen LogP) is 3.83. The van der Waals surface area contributed by atoms with Gasteiger partial charge in [-0.15, -0.1) is 0 Å². The van der Waals surface area contributed by atoms with Crippen LogP contribution in [0.15, 0.2) is 18.2 Å². The fourth-order valence-corrected chi connectivity index (χ4v) is 3.19. The minimum atomic E-state index is -4.50. The number of thioether (sulfide) groups is 1. The monoisotopic (exact) mass is 293 g/mol. The molecule has 1 unspecified atom stereocenters. The van der Waals surface area contributed by atoms with Crippen LogP contribution < -0.4 is 5.32 Å². The Kier molecular flexibility index (Phi) is 4.73. The molecule has 1 aliphatic rings. The van der Waals surface area contributed by atoms with E-state index >= 15 is 0 Å². The zero-order valence-corrected chi connectivity index (χ0v) is 11.1. The highest BCUT2D eigenvalue weighted by Crippen LogP contribution is 2.30. The van der Waals surface area contributed by atoms with E-state index in [1.165, 1.54) is 0 Å². The first-order valence-electron chi connectivity index (χ1n) is 6.13. The molecule has 1 nitrogen and oxygen atoms in total. The van der Waals surface area contributed by atoms with Crippen LogP contribution in [0.3, 0.4) is 0 Å². The highest BCUT2D eigenvalue weighted by atomic mass is 32.2. The SMILES string of the molecule is Fc1cc(CNC2CCCSC2)cc(C(F)(F)F)c1. The number of halogens is 4. The van der Waals surface area contributed by atoms with Gasteiger partial charge in [0.15, 0.2) is 0 Å². The van der Waals surface area contributed by atoms with Gasteiger partial charge in [0.25, 0.3) is 0 Å². The molecule has 6 heteroatoms. The van der Waals surface area contributed by atoms with Crippen molar-refractivity contribution in [2.45, 2.75) is 31.6 Å². The van der Waals surface area contributed by atoms with Gasteiger partial charge in [0.1, 0.15) is 5.82 Å². The normalized spacial score (nSPS) is 20.5. The van der Waals surface area contributed by atoms with Crippen LogP contribution in [-0.4, -0.2) is 17.5 Å². The van der Waals surface area contributed by atoms with Gasteiger partial charge in [-0.05, 0) is 42.4 Å². The lowest BCUT2D eigenvalue weighted by Crippen LogP contribution is -2.33. The van der Waals surface area contributed by atoms with Gasteiger partial charge >= 0.3 is 6.18 Å². The number of rotatable bonds is 3. The van der Waals surface area contributed by atoms with E-state index in [-0.39, 0.29) is 6.54 Å². The summed E-state index contributed by atoms with van der Waals surface area (Å²) in [6, 6.07) is 2.99. The van der Waals surface area contributed by atoms with E-state index in [4.69, 9.17) is 0 Å². The van der Waals surface area contributed by atoms with Crippen molar-refractivity contribution < 1.29 is 17.6 Å². The van der Waals surface area contributed by atoms with Crippen molar-refractivity contribution in [3.63, 3.8) is 0 Å². The summed E-state index contributed by atoms with van der Waals surface area (Å²) in [5.74, 6) is 1.25. The fraction of sp³-hybridized carbons (Fsp3) is 0.538. The molecule has 1 N–H and O–H groups in total. The van der Waals surface area contributed by atoms with Crippen LogP contribution in [0, 0.1) is 5.82 Å². The second kappa shape index (κ2) is 6.13. The van der Waals surface area contributed by atoms with Gasteiger partial charge in [0, 0.05) is 18.3 Å². The summed E-state index contributed by atoms with van der Waals surface area (Å²) < 4.78 is 50.8. The van der Waals surface area contributed by atoms with E-state index < -0.39 is 17.6 Å². The highest BCUT2D eigenvalue weighted by molar-refractivity contribution is 7.99. The number of alkyl halides is 3. The van der Waals surface area contributed by atoms with E-state index in [0.29, 0.717) is 17.7 Å². The van der Waals surface area contributed by atoms with Gasteiger partial charge in [0.05, 0.1) is 5.56 Å². The zero-order valence-electron chi connectivity index (χ0n) is 10.3. The van der Waals surface area contributed by atoms with Crippen molar-refractivity contribution in [3.8, 4) is 0 Å². The quantitative estimate of drug-likeness (QED) is 0.850. The molecule has 1 aromatic rings. The van der Waals surface area contributed by atoms with Crippen LogP contribution >= 0.6 is 11.8 Å². The number of hydrogen-bond donors (Lipinski definition) is 1. The average molecular weight is 293 g/mol. The van der Waals surface area contributed by atoms with Crippen LogP contribution in [0.2, 0.25) is 0 Å². The molecule has 1 aromatic carbocycles. The second-order valence-electron chi connectivity index (χ2n) is 4.64. The van der Waals surface area contributed by atoms with E-state index in [9.17, 15) is 17.6 Å². The highest BCUT2D eigenvalue weighted by Gasteiger charge is 2.31. The third kappa shape index (κ3) is 4.38. The maximum absolute atomic E-state index is 13.2. The molecule has 0 aromatic heterocycles. The summed E-state index contributed by atoms with van der Waals surface area (Å²) in [6.07, 6.45) is -2.37. The van der Waals surface area contributed by atoms with Gasteiger partial charge in [-0.2, -0.15) is 24.9 Å². The molecule has 1 saturated heterocycles. The summed E-state index contributed by atoms with van der Waals surface area (Å²) in [5, 5.41) is 3.19. The molecule has 0 aliphatic carbocycles. The molecule has 2 rings (SSSR count). The van der Waals surface area contributed by atoms with Crippen molar-refractivity contribution in [2.24, 2.45) is 0 Å². The molecule has 0 bridgehead atoms. The summed E-state index contributed by atoms with van der Waals surface area (Å²) in [7, 11) is 0. The summed E-state index contributed by atoms with van der Waals surface area (Å²) >= 11 is 1.83. The molecule has 1 heterocycles. The summed E-state index contributed by atoms with van der Waals surface area (Å²) in [5.41, 5.74) is -0.592. The Bertz CT molecular complexity index is 427. The number of hydrogen-bond acceptors (Lipinski definition) is 2. The largest absolute Gasteiger partial charge is 0.416 e. The van der Waals surface area contributed by atoms with Crippen molar-refractivity contribution in [3.05, 3.63) is 35.1 Å². The lowest BCUT2D eigenvalue weighted by molar-refractivity contribution is -0.137. The molecule has 106 valence electrons.